The van der Waals surface area contributed by atoms with Crippen molar-refractivity contribution in [3.63, 3.8) is 0 Å². The molecule has 2 aromatic carbocycles. The lowest BCUT2D eigenvalue weighted by Gasteiger charge is -2.41. The largest absolute Gasteiger partial charge is 0.497 e. The van der Waals surface area contributed by atoms with Gasteiger partial charge in [-0.15, -0.1) is 0 Å². The summed E-state index contributed by atoms with van der Waals surface area (Å²) in [7, 11) is 9.33. The summed E-state index contributed by atoms with van der Waals surface area (Å²) < 4.78 is 31.7. The molecule has 64 heavy (non-hydrogen) atoms. The Morgan fingerprint density at radius 1 is 0.562 bits per heavy atom. The molecule has 1 saturated carbocycles. The number of carbonyl (C=O) groups is 6. The fraction of sp³-hybridized carbons (Fsp3) is 0.609. The third kappa shape index (κ3) is 16.9. The molecule has 0 heterocycles. The Hall–Kier alpha value is -4.98. The van der Waals surface area contributed by atoms with Crippen molar-refractivity contribution in [2.24, 2.45) is 11.8 Å². The molecule has 0 N–H and O–H groups in total. The number of carbonyl (C=O) groups excluding carboxylic acids is 6. The summed E-state index contributed by atoms with van der Waals surface area (Å²) in [5.41, 5.74) is 1.94. The van der Waals surface area contributed by atoms with Gasteiger partial charge in [0.1, 0.15) is 51.0 Å². The highest BCUT2D eigenvalue weighted by molar-refractivity contribution is 5.83. The van der Waals surface area contributed by atoms with E-state index >= 15 is 0 Å². The SMILES string of the molecule is COCC[N+](C=O)(CCOC)CN(CN(C=O)CCc1ccc(OC)cc1)C(=O)[C@@H]1CCC[C@@H](C(=O)N(CN(C=O)CCc2ccc(OC)cc2)C[N+](C=O)(CCOC)CCOC)C1. The maximum absolute atomic E-state index is 14.9. The van der Waals surface area contributed by atoms with E-state index in [-0.39, 0.29) is 106 Å². The Labute approximate surface area is 379 Å². The van der Waals surface area contributed by atoms with E-state index in [0.29, 0.717) is 69.5 Å². The van der Waals surface area contributed by atoms with Crippen LogP contribution >= 0.6 is 0 Å². The topological polar surface area (TPSA) is 171 Å². The molecule has 2 aromatic rings. The molecule has 1 fully saturated rings. The molecule has 6 amide bonds. The Balaban J connectivity index is 1.96. The van der Waals surface area contributed by atoms with Gasteiger partial charge in [0.2, 0.25) is 24.6 Å². The molecule has 3 rings (SSSR count). The van der Waals surface area contributed by atoms with Gasteiger partial charge in [-0.25, -0.2) is 18.6 Å². The lowest BCUT2D eigenvalue weighted by Crippen LogP contribution is -2.60. The maximum atomic E-state index is 14.9. The first kappa shape index (κ1) is 53.4. The van der Waals surface area contributed by atoms with Crippen molar-refractivity contribution in [3.05, 3.63) is 59.7 Å². The zero-order valence-electron chi connectivity index (χ0n) is 38.8. The first-order valence-electron chi connectivity index (χ1n) is 21.8. The Bertz CT molecular complexity index is 1560. The van der Waals surface area contributed by atoms with Crippen molar-refractivity contribution in [1.82, 2.24) is 19.6 Å². The van der Waals surface area contributed by atoms with Gasteiger partial charge in [0, 0.05) is 53.4 Å². The number of hydrogen-bond acceptors (Lipinski definition) is 12. The minimum atomic E-state index is -0.623. The van der Waals surface area contributed by atoms with Crippen LogP contribution in [-0.4, -0.2) is 201 Å². The van der Waals surface area contributed by atoms with Crippen molar-refractivity contribution in [2.75, 3.05) is 135 Å². The van der Waals surface area contributed by atoms with E-state index in [1.165, 1.54) is 38.2 Å². The Morgan fingerprint density at radius 3 is 1.19 bits per heavy atom. The number of methoxy groups -OCH3 is 6. The second-order valence-electron chi connectivity index (χ2n) is 16.4. The van der Waals surface area contributed by atoms with E-state index in [1.807, 2.05) is 48.5 Å². The van der Waals surface area contributed by atoms with Crippen molar-refractivity contribution in [1.29, 1.82) is 0 Å². The molecule has 18 nitrogen and oxygen atoms in total. The van der Waals surface area contributed by atoms with Crippen LogP contribution in [0, 0.1) is 11.8 Å². The van der Waals surface area contributed by atoms with Crippen LogP contribution in [-0.2, 0) is 60.6 Å². The van der Waals surface area contributed by atoms with Gasteiger partial charge in [-0.1, -0.05) is 30.7 Å². The van der Waals surface area contributed by atoms with E-state index in [1.54, 1.807) is 24.0 Å². The molecule has 356 valence electrons. The second kappa shape index (κ2) is 28.7. The summed E-state index contributed by atoms with van der Waals surface area (Å²) in [6, 6.07) is 15.0. The maximum Gasteiger partial charge on any atom is 0.303 e. The number of amides is 6. The van der Waals surface area contributed by atoms with Crippen LogP contribution in [0.15, 0.2) is 48.5 Å². The summed E-state index contributed by atoms with van der Waals surface area (Å²) in [6.45, 7) is 2.31. The minimum absolute atomic E-state index is 0.0516. The highest BCUT2D eigenvalue weighted by Crippen LogP contribution is 2.33. The van der Waals surface area contributed by atoms with Crippen LogP contribution < -0.4 is 9.47 Å². The van der Waals surface area contributed by atoms with E-state index in [2.05, 4.69) is 0 Å². The molecule has 0 unspecified atom stereocenters. The molecule has 0 saturated heterocycles. The molecule has 0 radical (unpaired) electrons. The fourth-order valence-electron chi connectivity index (χ4n) is 7.96. The molecule has 0 aromatic heterocycles. The van der Waals surface area contributed by atoms with Crippen LogP contribution in [0.3, 0.4) is 0 Å². The number of rotatable bonds is 34. The number of benzene rings is 2. The summed E-state index contributed by atoms with van der Waals surface area (Å²) in [5, 5.41) is 0. The average molecular weight is 901 g/mol. The minimum Gasteiger partial charge on any atom is -0.497 e. The highest BCUT2D eigenvalue weighted by atomic mass is 16.5. The molecule has 1 aliphatic rings. The monoisotopic (exact) mass is 901 g/mol. The van der Waals surface area contributed by atoms with Gasteiger partial charge in [0.15, 0.2) is 13.3 Å². The molecule has 0 aliphatic heterocycles. The van der Waals surface area contributed by atoms with Gasteiger partial charge < -0.3 is 38.2 Å². The third-order valence-corrected chi connectivity index (χ3v) is 12.0. The Morgan fingerprint density at radius 2 is 0.906 bits per heavy atom. The summed E-state index contributed by atoms with van der Waals surface area (Å²) in [5.74, 6) is -0.399. The van der Waals surface area contributed by atoms with Crippen molar-refractivity contribution in [3.8, 4) is 11.5 Å². The van der Waals surface area contributed by atoms with Gasteiger partial charge in [0.25, 0.3) is 0 Å². The summed E-state index contributed by atoms with van der Waals surface area (Å²) in [4.78, 5) is 87.0. The number of hydrogen-bond donors (Lipinski definition) is 0. The first-order valence-corrected chi connectivity index (χ1v) is 21.8. The molecular formula is C46H72N6O12+2. The normalized spacial score (nSPS) is 15.2. The fourth-order valence-corrected chi connectivity index (χ4v) is 7.96. The smallest absolute Gasteiger partial charge is 0.303 e. The van der Waals surface area contributed by atoms with Crippen LogP contribution in [0.5, 0.6) is 11.5 Å². The predicted octanol–water partition coefficient (Wildman–Crippen LogP) is 2.23. The number of ether oxygens (including phenoxy) is 6. The molecule has 2 atom stereocenters. The van der Waals surface area contributed by atoms with Gasteiger partial charge in [-0.05, 0) is 67.5 Å². The summed E-state index contributed by atoms with van der Waals surface area (Å²) in [6.07, 6.45) is 5.74. The van der Waals surface area contributed by atoms with Gasteiger partial charge in [0.05, 0.1) is 40.6 Å². The Kier molecular flexibility index (Phi) is 24.0. The number of nitrogens with zero attached hydrogens (tertiary/aromatic N) is 6. The molecule has 1 aliphatic carbocycles. The zero-order valence-corrected chi connectivity index (χ0v) is 38.8. The van der Waals surface area contributed by atoms with Crippen LogP contribution in [0.1, 0.15) is 36.8 Å². The third-order valence-electron chi connectivity index (χ3n) is 12.0. The molecule has 0 bridgehead atoms. The highest BCUT2D eigenvalue weighted by Gasteiger charge is 2.41. The van der Waals surface area contributed by atoms with E-state index < -0.39 is 11.8 Å². The van der Waals surface area contributed by atoms with E-state index in [0.717, 1.165) is 23.9 Å². The zero-order chi connectivity index (χ0) is 46.8. The molecular weight excluding hydrogens is 829 g/mol. The van der Waals surface area contributed by atoms with E-state index in [4.69, 9.17) is 28.4 Å². The van der Waals surface area contributed by atoms with Gasteiger partial charge in [-0.3, -0.25) is 29.0 Å². The van der Waals surface area contributed by atoms with Crippen LogP contribution in [0.25, 0.3) is 0 Å². The van der Waals surface area contributed by atoms with Crippen molar-refractivity contribution < 1.29 is 66.2 Å². The van der Waals surface area contributed by atoms with Gasteiger partial charge in [-0.2, -0.15) is 0 Å². The second-order valence-corrected chi connectivity index (χ2v) is 16.4. The molecule has 18 heteroatoms. The van der Waals surface area contributed by atoms with Gasteiger partial charge >= 0.3 is 12.8 Å². The van der Waals surface area contributed by atoms with Crippen molar-refractivity contribution >= 4 is 37.5 Å². The van der Waals surface area contributed by atoms with Crippen LogP contribution in [0.2, 0.25) is 0 Å². The average Bonchev–Trinajstić information content (AvgIpc) is 3.34. The number of quaternary nitrogens is 2. The predicted molar refractivity (Wildman–Crippen MR) is 237 cm³/mol. The van der Waals surface area contributed by atoms with Crippen molar-refractivity contribution in [2.45, 2.75) is 38.5 Å². The standard InChI is InChI=1S/C46H72N6O12/c1-59-26-22-51(37-55,23-27-60-2)33-49(31-47(35-53)20-18-39-10-14-43(63-5)15-11-39)45(57)41-8-7-9-42(30-41)46(58)50(34-52(38-56,24-28-61-3)25-29-62-4)32-48(36-54)21-19-40-12-16-44(64-6)17-13-40/h10-17,35-38,41-42H,7-9,18-34H2,1-6H3/q+2/t41-,42-/m1/s1. The quantitative estimate of drug-likeness (QED) is 0.0572. The molecule has 0 spiro atoms. The van der Waals surface area contributed by atoms with Crippen LogP contribution in [0.4, 0.5) is 0 Å². The first-order chi connectivity index (χ1) is 31.0. The summed E-state index contributed by atoms with van der Waals surface area (Å²) >= 11 is 0. The lowest BCUT2D eigenvalue weighted by atomic mass is 9.80. The lowest BCUT2D eigenvalue weighted by molar-refractivity contribution is -0.856. The van der Waals surface area contributed by atoms with E-state index in [9.17, 15) is 28.8 Å².